The minimum absolute atomic E-state index is 0.132. The van der Waals surface area contributed by atoms with Crippen molar-refractivity contribution in [2.45, 2.75) is 26.2 Å². The number of nitrogens with zero attached hydrogens (tertiary/aromatic N) is 1. The number of hydrogen-bond acceptors (Lipinski definition) is 4. The first-order valence-electron chi connectivity index (χ1n) is 5.64. The highest BCUT2D eigenvalue weighted by molar-refractivity contribution is 5.75. The van der Waals surface area contributed by atoms with Crippen LogP contribution in [0.5, 0.6) is 0 Å². The fraction of sp³-hybridized carbons (Fsp3) is 0.818. The highest BCUT2D eigenvalue weighted by atomic mass is 16.5. The summed E-state index contributed by atoms with van der Waals surface area (Å²) in [6.45, 7) is 3.57. The molecule has 0 atom stereocenters. The van der Waals surface area contributed by atoms with Gasteiger partial charge in [0.1, 0.15) is 0 Å². The van der Waals surface area contributed by atoms with Gasteiger partial charge < -0.3 is 15.0 Å². The van der Waals surface area contributed by atoms with E-state index in [4.69, 9.17) is 4.74 Å². The molecule has 0 aromatic heterocycles. The molecule has 0 radical (unpaired) electrons. The number of esters is 1. The summed E-state index contributed by atoms with van der Waals surface area (Å²) in [4.78, 5) is 23.7. The van der Waals surface area contributed by atoms with E-state index >= 15 is 0 Å². The second-order valence-electron chi connectivity index (χ2n) is 3.70. The van der Waals surface area contributed by atoms with Crippen LogP contribution in [0.15, 0.2) is 0 Å². The van der Waals surface area contributed by atoms with Crippen LogP contribution in [0.2, 0.25) is 0 Å². The van der Waals surface area contributed by atoms with Crippen LogP contribution in [-0.4, -0.2) is 50.6 Å². The molecule has 0 bridgehead atoms. The quantitative estimate of drug-likeness (QED) is 0.484. The summed E-state index contributed by atoms with van der Waals surface area (Å²) in [5, 5.41) is 3.10. The van der Waals surface area contributed by atoms with Gasteiger partial charge in [0.05, 0.1) is 13.0 Å². The summed E-state index contributed by atoms with van der Waals surface area (Å²) in [7, 11) is 3.49. The lowest BCUT2D eigenvalue weighted by Gasteiger charge is -2.09. The third kappa shape index (κ3) is 8.23. The minimum atomic E-state index is -0.181. The lowest BCUT2D eigenvalue weighted by molar-refractivity contribution is -0.143. The lowest BCUT2D eigenvalue weighted by atomic mass is 10.3. The summed E-state index contributed by atoms with van der Waals surface area (Å²) in [6, 6.07) is 0. The van der Waals surface area contributed by atoms with E-state index in [-0.39, 0.29) is 11.9 Å². The van der Waals surface area contributed by atoms with E-state index in [1.807, 2.05) is 0 Å². The first-order valence-corrected chi connectivity index (χ1v) is 5.64. The van der Waals surface area contributed by atoms with Gasteiger partial charge in [-0.25, -0.2) is 0 Å². The van der Waals surface area contributed by atoms with Crippen LogP contribution >= 0.6 is 0 Å². The van der Waals surface area contributed by atoms with Crippen molar-refractivity contribution in [1.29, 1.82) is 0 Å². The molecule has 0 aliphatic carbocycles. The predicted octanol–water partition coefficient (Wildman–Crippen LogP) is 0.398. The first-order chi connectivity index (χ1) is 7.57. The normalized spacial score (nSPS) is 9.94. The summed E-state index contributed by atoms with van der Waals surface area (Å²) in [5.74, 6) is -0.0495. The van der Waals surface area contributed by atoms with Crippen molar-refractivity contribution in [3.63, 3.8) is 0 Å². The van der Waals surface area contributed by atoms with Crippen molar-refractivity contribution >= 4 is 11.9 Å². The van der Waals surface area contributed by atoms with Crippen LogP contribution < -0.4 is 5.32 Å². The molecule has 0 unspecified atom stereocenters. The second kappa shape index (κ2) is 9.15. The van der Waals surface area contributed by atoms with Gasteiger partial charge in [0, 0.05) is 27.1 Å². The van der Waals surface area contributed by atoms with Crippen molar-refractivity contribution in [2.75, 3.05) is 33.8 Å². The maximum atomic E-state index is 11.2. The Balaban J connectivity index is 3.28. The second-order valence-corrected chi connectivity index (χ2v) is 3.70. The molecule has 0 aliphatic rings. The number of carbonyl (C=O) groups is 2. The molecule has 5 nitrogen and oxygen atoms in total. The standard InChI is InChI=1S/C11H22N2O3/c1-4-16-11(15)7-9-12-8-5-6-10(14)13(2)3/h12H,4-9H2,1-3H3. The van der Waals surface area contributed by atoms with E-state index in [0.717, 1.165) is 13.0 Å². The predicted molar refractivity (Wildman–Crippen MR) is 62.0 cm³/mol. The monoisotopic (exact) mass is 230 g/mol. The average molecular weight is 230 g/mol. The molecule has 0 aromatic rings. The zero-order valence-electron chi connectivity index (χ0n) is 10.4. The van der Waals surface area contributed by atoms with E-state index in [9.17, 15) is 9.59 Å². The van der Waals surface area contributed by atoms with Crippen LogP contribution in [-0.2, 0) is 14.3 Å². The fourth-order valence-electron chi connectivity index (χ4n) is 1.14. The van der Waals surface area contributed by atoms with Crippen molar-refractivity contribution in [1.82, 2.24) is 10.2 Å². The first kappa shape index (κ1) is 14.9. The molecule has 94 valence electrons. The Morgan fingerprint density at radius 2 is 1.88 bits per heavy atom. The van der Waals surface area contributed by atoms with Gasteiger partial charge in [-0.15, -0.1) is 0 Å². The Morgan fingerprint density at radius 1 is 1.19 bits per heavy atom. The zero-order valence-corrected chi connectivity index (χ0v) is 10.4. The molecule has 16 heavy (non-hydrogen) atoms. The van der Waals surface area contributed by atoms with Gasteiger partial charge in [-0.05, 0) is 19.9 Å². The Hall–Kier alpha value is -1.10. The van der Waals surface area contributed by atoms with Crippen LogP contribution in [0.25, 0.3) is 0 Å². The van der Waals surface area contributed by atoms with Crippen LogP contribution in [0, 0.1) is 0 Å². The van der Waals surface area contributed by atoms with Gasteiger partial charge >= 0.3 is 5.97 Å². The summed E-state index contributed by atoms with van der Waals surface area (Å²) in [6.07, 6.45) is 1.72. The Labute approximate surface area is 97.1 Å². The minimum Gasteiger partial charge on any atom is -0.466 e. The van der Waals surface area contributed by atoms with Gasteiger partial charge in [0.15, 0.2) is 0 Å². The molecule has 0 spiro atoms. The van der Waals surface area contributed by atoms with Crippen LogP contribution in [0.3, 0.4) is 0 Å². The molecule has 0 rings (SSSR count). The van der Waals surface area contributed by atoms with Gasteiger partial charge in [0.2, 0.25) is 5.91 Å². The summed E-state index contributed by atoms with van der Waals surface area (Å²) < 4.78 is 4.78. The largest absolute Gasteiger partial charge is 0.466 e. The Morgan fingerprint density at radius 3 is 2.44 bits per heavy atom. The maximum absolute atomic E-state index is 11.2. The van der Waals surface area contributed by atoms with Crippen molar-refractivity contribution < 1.29 is 14.3 Å². The topological polar surface area (TPSA) is 58.6 Å². The van der Waals surface area contributed by atoms with Gasteiger partial charge in [0.25, 0.3) is 0 Å². The molecule has 0 aromatic carbocycles. The van der Waals surface area contributed by atoms with Gasteiger partial charge in [-0.2, -0.15) is 0 Å². The van der Waals surface area contributed by atoms with Crippen molar-refractivity contribution in [3.8, 4) is 0 Å². The molecule has 0 heterocycles. The number of rotatable bonds is 8. The maximum Gasteiger partial charge on any atom is 0.307 e. The number of nitrogens with one attached hydrogen (secondary N) is 1. The highest BCUT2D eigenvalue weighted by Crippen LogP contribution is 1.92. The third-order valence-corrected chi connectivity index (χ3v) is 2.05. The molecule has 0 saturated heterocycles. The smallest absolute Gasteiger partial charge is 0.307 e. The lowest BCUT2D eigenvalue weighted by Crippen LogP contribution is -2.24. The van der Waals surface area contributed by atoms with E-state index in [2.05, 4.69) is 5.32 Å². The van der Waals surface area contributed by atoms with Gasteiger partial charge in [-0.1, -0.05) is 0 Å². The SMILES string of the molecule is CCOC(=O)CCNCCCC(=O)N(C)C. The molecule has 0 fully saturated rings. The molecule has 1 amide bonds. The Kier molecular flexibility index (Phi) is 8.52. The molecular formula is C11H22N2O3. The number of carbonyl (C=O) groups excluding carboxylic acids is 2. The van der Waals surface area contributed by atoms with Crippen LogP contribution in [0.4, 0.5) is 0 Å². The van der Waals surface area contributed by atoms with Gasteiger partial charge in [-0.3, -0.25) is 9.59 Å². The number of hydrogen-bond donors (Lipinski definition) is 1. The molecule has 1 N–H and O–H groups in total. The third-order valence-electron chi connectivity index (χ3n) is 2.05. The van der Waals surface area contributed by atoms with Crippen molar-refractivity contribution in [3.05, 3.63) is 0 Å². The Bertz CT molecular complexity index is 217. The summed E-state index contributed by atoms with van der Waals surface area (Å²) >= 11 is 0. The molecular weight excluding hydrogens is 208 g/mol. The van der Waals surface area contributed by atoms with E-state index in [0.29, 0.717) is 26.0 Å². The average Bonchev–Trinajstić information content (AvgIpc) is 2.23. The van der Waals surface area contributed by atoms with Crippen molar-refractivity contribution in [2.24, 2.45) is 0 Å². The highest BCUT2D eigenvalue weighted by Gasteiger charge is 2.03. The molecule has 5 heteroatoms. The summed E-state index contributed by atoms with van der Waals surface area (Å²) in [5.41, 5.74) is 0. The van der Waals surface area contributed by atoms with Crippen LogP contribution in [0.1, 0.15) is 26.2 Å². The zero-order chi connectivity index (χ0) is 12.4. The van der Waals surface area contributed by atoms with E-state index in [1.165, 1.54) is 0 Å². The molecule has 0 aliphatic heterocycles. The number of amides is 1. The number of ether oxygens (including phenoxy) is 1. The molecule has 0 saturated carbocycles. The van der Waals surface area contributed by atoms with E-state index in [1.54, 1.807) is 25.9 Å². The fourth-order valence-corrected chi connectivity index (χ4v) is 1.14. The van der Waals surface area contributed by atoms with E-state index < -0.39 is 0 Å².